The summed E-state index contributed by atoms with van der Waals surface area (Å²) < 4.78 is 10.4. The number of halogens is 1. The van der Waals surface area contributed by atoms with Gasteiger partial charge in [0.1, 0.15) is 6.61 Å². The van der Waals surface area contributed by atoms with E-state index >= 15 is 0 Å². The molecule has 1 aromatic heterocycles. The number of aliphatic hydroxyl groups excluding tert-OH is 1. The lowest BCUT2D eigenvalue weighted by atomic mass is 9.91. The van der Waals surface area contributed by atoms with Crippen LogP contribution in [0.15, 0.2) is 34.9 Å². The third-order valence-electron chi connectivity index (χ3n) is 3.65. The van der Waals surface area contributed by atoms with Crippen molar-refractivity contribution in [1.82, 2.24) is 10.5 Å². The fourth-order valence-corrected chi connectivity index (χ4v) is 2.60. The third-order valence-corrected chi connectivity index (χ3v) is 4.02. The van der Waals surface area contributed by atoms with Gasteiger partial charge in [-0.1, -0.05) is 35.0 Å². The zero-order valence-electron chi connectivity index (χ0n) is 11.5. The van der Waals surface area contributed by atoms with Gasteiger partial charge in [-0.15, -0.1) is 0 Å². The van der Waals surface area contributed by atoms with Gasteiger partial charge in [-0.25, -0.2) is 0 Å². The van der Waals surface area contributed by atoms with Gasteiger partial charge >= 0.3 is 0 Å². The first-order valence-electron chi connectivity index (χ1n) is 6.82. The summed E-state index contributed by atoms with van der Waals surface area (Å²) in [5.74, 6) is 0.478. The van der Waals surface area contributed by atoms with Gasteiger partial charge in [0, 0.05) is 24.1 Å². The summed E-state index contributed by atoms with van der Waals surface area (Å²) in [6, 6.07) is 9.55. The Balaban J connectivity index is 1.65. The molecule has 2 heterocycles. The maximum atomic E-state index is 9.01. The monoisotopic (exact) mass is 308 g/mol. The van der Waals surface area contributed by atoms with Gasteiger partial charge in [-0.3, -0.25) is 0 Å². The van der Waals surface area contributed by atoms with Crippen LogP contribution in [0.4, 0.5) is 0 Å². The number of ether oxygens (including phenoxy) is 1. The second-order valence-electron chi connectivity index (χ2n) is 5.34. The van der Waals surface area contributed by atoms with E-state index in [9.17, 15) is 0 Å². The molecule has 5 nitrogen and oxygen atoms in total. The largest absolute Gasteiger partial charge is 0.388 e. The molecule has 1 fully saturated rings. The Morgan fingerprint density at radius 3 is 2.76 bits per heavy atom. The number of nitrogens with one attached hydrogen (secondary N) is 1. The quantitative estimate of drug-likeness (QED) is 0.853. The fraction of sp³-hybridized carbons (Fsp3) is 0.400. The molecule has 3 rings (SSSR count). The molecule has 0 spiro atoms. The SMILES string of the molecule is OCc1cc(CC2(NCc3ccccc3Cl)COC2)no1. The van der Waals surface area contributed by atoms with Crippen LogP contribution in [0.3, 0.4) is 0 Å². The van der Waals surface area contributed by atoms with E-state index in [1.54, 1.807) is 6.07 Å². The minimum absolute atomic E-state index is 0.135. The standard InChI is InChI=1S/C15H17ClN2O3/c16-14-4-2-1-3-11(14)7-17-15(9-20-10-15)6-12-5-13(8-19)21-18-12/h1-5,17,19H,6-10H2. The smallest absolute Gasteiger partial charge is 0.162 e. The van der Waals surface area contributed by atoms with Gasteiger partial charge in [0.05, 0.1) is 24.4 Å². The molecule has 0 amide bonds. The first kappa shape index (κ1) is 14.5. The van der Waals surface area contributed by atoms with Gasteiger partial charge in [0.25, 0.3) is 0 Å². The van der Waals surface area contributed by atoms with Gasteiger partial charge in [0.2, 0.25) is 0 Å². The number of rotatable bonds is 6. The van der Waals surface area contributed by atoms with Crippen LogP contribution < -0.4 is 5.32 Å². The Bertz CT molecular complexity index is 610. The van der Waals surface area contributed by atoms with Crippen LogP contribution in [0, 0.1) is 0 Å². The molecule has 1 aliphatic rings. The van der Waals surface area contributed by atoms with Crippen LogP contribution in [0.25, 0.3) is 0 Å². The Labute approximate surface area is 127 Å². The molecule has 0 unspecified atom stereocenters. The van der Waals surface area contributed by atoms with Crippen LogP contribution in [0.1, 0.15) is 17.0 Å². The van der Waals surface area contributed by atoms with E-state index in [-0.39, 0.29) is 12.1 Å². The summed E-state index contributed by atoms with van der Waals surface area (Å²) in [7, 11) is 0. The minimum atomic E-state index is -0.150. The molecule has 2 aromatic rings. The van der Waals surface area contributed by atoms with Gasteiger partial charge in [0.15, 0.2) is 5.76 Å². The van der Waals surface area contributed by atoms with Crippen LogP contribution in [0.5, 0.6) is 0 Å². The summed E-state index contributed by atoms with van der Waals surface area (Å²) in [5, 5.41) is 17.3. The number of aliphatic hydroxyl groups is 1. The van der Waals surface area contributed by atoms with Crippen molar-refractivity contribution in [2.24, 2.45) is 0 Å². The molecule has 1 aliphatic heterocycles. The molecule has 2 N–H and O–H groups in total. The van der Waals surface area contributed by atoms with Crippen molar-refractivity contribution in [3.8, 4) is 0 Å². The number of hydrogen-bond acceptors (Lipinski definition) is 5. The molecule has 21 heavy (non-hydrogen) atoms. The van der Waals surface area contributed by atoms with Gasteiger partial charge in [-0.05, 0) is 11.6 Å². The van der Waals surface area contributed by atoms with Crippen molar-refractivity contribution in [3.05, 3.63) is 52.4 Å². The van der Waals surface area contributed by atoms with Gasteiger partial charge in [-0.2, -0.15) is 0 Å². The fourth-order valence-electron chi connectivity index (χ4n) is 2.40. The van der Waals surface area contributed by atoms with Crippen molar-refractivity contribution in [2.75, 3.05) is 13.2 Å². The Hall–Kier alpha value is -1.40. The molecule has 112 valence electrons. The maximum absolute atomic E-state index is 9.01. The average molecular weight is 309 g/mol. The first-order chi connectivity index (χ1) is 10.2. The van der Waals surface area contributed by atoms with E-state index < -0.39 is 0 Å². The summed E-state index contributed by atoms with van der Waals surface area (Å²) >= 11 is 6.17. The summed E-state index contributed by atoms with van der Waals surface area (Å²) in [6.45, 7) is 1.79. The number of nitrogens with zero attached hydrogens (tertiary/aromatic N) is 1. The van der Waals surface area contributed by atoms with E-state index in [0.717, 1.165) is 16.3 Å². The topological polar surface area (TPSA) is 67.5 Å². The third kappa shape index (κ3) is 3.27. The summed E-state index contributed by atoms with van der Waals surface area (Å²) in [6.07, 6.45) is 0.695. The predicted molar refractivity (Wildman–Crippen MR) is 78.0 cm³/mol. The highest BCUT2D eigenvalue weighted by molar-refractivity contribution is 6.31. The molecule has 0 atom stereocenters. The van der Waals surface area contributed by atoms with E-state index in [4.69, 9.17) is 26.0 Å². The maximum Gasteiger partial charge on any atom is 0.162 e. The van der Waals surface area contributed by atoms with E-state index in [2.05, 4.69) is 10.5 Å². The molecule has 1 aromatic carbocycles. The second-order valence-corrected chi connectivity index (χ2v) is 5.74. The van der Waals surface area contributed by atoms with E-state index in [0.29, 0.717) is 31.9 Å². The zero-order chi connectivity index (χ0) is 14.7. The lowest BCUT2D eigenvalue weighted by molar-refractivity contribution is -0.0755. The zero-order valence-corrected chi connectivity index (χ0v) is 12.3. The Morgan fingerprint density at radius 2 is 2.14 bits per heavy atom. The van der Waals surface area contributed by atoms with Crippen molar-refractivity contribution in [3.63, 3.8) is 0 Å². The van der Waals surface area contributed by atoms with Crippen molar-refractivity contribution in [2.45, 2.75) is 25.1 Å². The van der Waals surface area contributed by atoms with Crippen molar-refractivity contribution >= 4 is 11.6 Å². The Kier molecular flexibility index (Phi) is 4.26. The van der Waals surface area contributed by atoms with Crippen molar-refractivity contribution in [1.29, 1.82) is 0 Å². The predicted octanol–water partition coefficient (Wildman–Crippen LogP) is 1.92. The number of hydrogen-bond donors (Lipinski definition) is 2. The summed E-state index contributed by atoms with van der Waals surface area (Å²) in [4.78, 5) is 0. The molecule has 0 radical (unpaired) electrons. The lowest BCUT2D eigenvalue weighted by Crippen LogP contribution is -2.61. The molecule has 0 aliphatic carbocycles. The molecule has 0 bridgehead atoms. The van der Waals surface area contributed by atoms with Gasteiger partial charge < -0.3 is 19.7 Å². The number of benzene rings is 1. The normalized spacial score (nSPS) is 16.7. The molecule has 1 saturated heterocycles. The first-order valence-corrected chi connectivity index (χ1v) is 7.20. The molecular formula is C15H17ClN2O3. The van der Waals surface area contributed by atoms with E-state index in [1.807, 2.05) is 24.3 Å². The number of aromatic nitrogens is 1. The van der Waals surface area contributed by atoms with Crippen LogP contribution in [-0.4, -0.2) is 29.0 Å². The average Bonchev–Trinajstić information content (AvgIpc) is 2.91. The minimum Gasteiger partial charge on any atom is -0.388 e. The van der Waals surface area contributed by atoms with Crippen LogP contribution in [0.2, 0.25) is 5.02 Å². The highest BCUT2D eigenvalue weighted by Gasteiger charge is 2.39. The van der Waals surface area contributed by atoms with Crippen molar-refractivity contribution < 1.29 is 14.4 Å². The second kappa shape index (κ2) is 6.15. The highest BCUT2D eigenvalue weighted by Crippen LogP contribution is 2.24. The summed E-state index contributed by atoms with van der Waals surface area (Å²) in [5.41, 5.74) is 1.72. The lowest BCUT2D eigenvalue weighted by Gasteiger charge is -2.42. The highest BCUT2D eigenvalue weighted by atomic mass is 35.5. The van der Waals surface area contributed by atoms with Crippen LogP contribution in [-0.2, 0) is 24.3 Å². The van der Waals surface area contributed by atoms with Crippen LogP contribution >= 0.6 is 11.6 Å². The Morgan fingerprint density at radius 1 is 1.33 bits per heavy atom. The van der Waals surface area contributed by atoms with E-state index in [1.165, 1.54) is 0 Å². The molecular weight excluding hydrogens is 292 g/mol. The molecule has 6 heteroatoms. The molecule has 0 saturated carbocycles.